The fourth-order valence-corrected chi connectivity index (χ4v) is 4.49. The molecule has 1 amide bonds. The van der Waals surface area contributed by atoms with Crippen molar-refractivity contribution in [1.29, 1.82) is 0 Å². The number of amides is 1. The fourth-order valence-electron chi connectivity index (χ4n) is 4.49. The molecule has 4 heterocycles. The van der Waals surface area contributed by atoms with Gasteiger partial charge >= 0.3 is 0 Å². The number of aromatic amines is 1. The first kappa shape index (κ1) is 19.5. The van der Waals surface area contributed by atoms with Crippen molar-refractivity contribution in [3.8, 4) is 0 Å². The van der Waals surface area contributed by atoms with E-state index in [2.05, 4.69) is 26.3 Å². The molecule has 0 saturated heterocycles. The van der Waals surface area contributed by atoms with Crippen LogP contribution in [0, 0.1) is 0 Å². The van der Waals surface area contributed by atoms with Crippen LogP contribution in [0.1, 0.15) is 66.4 Å². The van der Waals surface area contributed by atoms with Crippen LogP contribution in [-0.2, 0) is 37.3 Å². The molecule has 2 aliphatic heterocycles. The number of aromatic nitrogens is 4. The van der Waals surface area contributed by atoms with Gasteiger partial charge in [0.05, 0.1) is 17.1 Å². The predicted octanol–water partition coefficient (Wildman–Crippen LogP) is 2.31. The van der Waals surface area contributed by atoms with Gasteiger partial charge < -0.3 is 10.2 Å². The summed E-state index contributed by atoms with van der Waals surface area (Å²) in [5.41, 5.74) is 6.03. The molecule has 152 valence electrons. The molecule has 7 nitrogen and oxygen atoms in total. The molecule has 2 aromatic rings. The number of halogens is 1. The second-order valence-corrected chi connectivity index (χ2v) is 8.14. The molecule has 0 spiro atoms. The Morgan fingerprint density at radius 3 is 2.96 bits per heavy atom. The highest BCUT2D eigenvalue weighted by molar-refractivity contribution is 5.85. The van der Waals surface area contributed by atoms with Gasteiger partial charge in [0.2, 0.25) is 5.91 Å². The van der Waals surface area contributed by atoms with Crippen LogP contribution in [0.15, 0.2) is 6.07 Å². The Bertz CT molecular complexity index is 816. The van der Waals surface area contributed by atoms with E-state index in [4.69, 9.17) is 5.10 Å². The lowest BCUT2D eigenvalue weighted by atomic mass is 9.81. The van der Waals surface area contributed by atoms with E-state index in [1.807, 2.05) is 4.90 Å². The van der Waals surface area contributed by atoms with Crippen molar-refractivity contribution in [3.63, 3.8) is 0 Å². The maximum absolute atomic E-state index is 12.8. The van der Waals surface area contributed by atoms with Crippen molar-refractivity contribution in [3.05, 3.63) is 34.4 Å². The molecule has 3 aliphatic rings. The van der Waals surface area contributed by atoms with E-state index < -0.39 is 0 Å². The Kier molecular flexibility index (Phi) is 5.73. The highest BCUT2D eigenvalue weighted by Gasteiger charge is 2.30. The molecule has 2 N–H and O–H groups in total. The Morgan fingerprint density at radius 2 is 2.14 bits per heavy atom. The van der Waals surface area contributed by atoms with Gasteiger partial charge in [-0.05, 0) is 31.9 Å². The van der Waals surface area contributed by atoms with Crippen molar-refractivity contribution in [2.24, 2.45) is 0 Å². The molecule has 0 unspecified atom stereocenters. The lowest BCUT2D eigenvalue weighted by Crippen LogP contribution is -2.36. The van der Waals surface area contributed by atoms with Gasteiger partial charge in [-0.15, -0.1) is 12.4 Å². The lowest BCUT2D eigenvalue weighted by Gasteiger charge is -2.30. The summed E-state index contributed by atoms with van der Waals surface area (Å²) < 4.78 is 2.10. The van der Waals surface area contributed by atoms with E-state index >= 15 is 0 Å². The second kappa shape index (κ2) is 8.25. The van der Waals surface area contributed by atoms with Crippen LogP contribution >= 0.6 is 12.4 Å². The first-order chi connectivity index (χ1) is 13.3. The van der Waals surface area contributed by atoms with Crippen molar-refractivity contribution >= 4 is 18.3 Å². The summed E-state index contributed by atoms with van der Waals surface area (Å²) >= 11 is 0. The highest BCUT2D eigenvalue weighted by atomic mass is 35.5. The maximum Gasteiger partial charge on any atom is 0.223 e. The smallest absolute Gasteiger partial charge is 0.223 e. The zero-order valence-electron chi connectivity index (χ0n) is 16.2. The van der Waals surface area contributed by atoms with Crippen LogP contribution in [-0.4, -0.2) is 43.9 Å². The number of carbonyl (C=O) groups excluding carboxylic acids is 1. The lowest BCUT2D eigenvalue weighted by molar-refractivity contribution is -0.132. The third kappa shape index (κ3) is 3.70. The number of rotatable bonds is 4. The largest absolute Gasteiger partial charge is 0.338 e. The molecule has 28 heavy (non-hydrogen) atoms. The summed E-state index contributed by atoms with van der Waals surface area (Å²) in [6.45, 7) is 4.41. The summed E-state index contributed by atoms with van der Waals surface area (Å²) in [5, 5.41) is 15.9. The van der Waals surface area contributed by atoms with E-state index in [0.29, 0.717) is 12.3 Å². The summed E-state index contributed by atoms with van der Waals surface area (Å²) in [5.74, 6) is 0.845. The first-order valence-electron chi connectivity index (χ1n) is 10.4. The zero-order chi connectivity index (χ0) is 18.2. The number of nitrogens with one attached hydrogen (secondary N) is 2. The fraction of sp³-hybridized carbons (Fsp3) is 0.650. The van der Waals surface area contributed by atoms with Gasteiger partial charge in [-0.1, -0.05) is 6.42 Å². The molecular weight excluding hydrogens is 376 g/mol. The molecule has 8 heteroatoms. The molecule has 0 radical (unpaired) electrons. The van der Waals surface area contributed by atoms with Crippen LogP contribution in [0.25, 0.3) is 0 Å². The van der Waals surface area contributed by atoms with Crippen LogP contribution in [0.5, 0.6) is 0 Å². The number of hydrogen-bond acceptors (Lipinski definition) is 4. The Labute approximate surface area is 171 Å². The Morgan fingerprint density at radius 1 is 1.25 bits per heavy atom. The Hall–Kier alpha value is -1.86. The van der Waals surface area contributed by atoms with Crippen molar-refractivity contribution in [1.82, 2.24) is 30.2 Å². The van der Waals surface area contributed by atoms with Crippen molar-refractivity contribution < 1.29 is 4.79 Å². The molecule has 1 fully saturated rings. The zero-order valence-corrected chi connectivity index (χ0v) is 17.1. The van der Waals surface area contributed by atoms with Gasteiger partial charge in [0.15, 0.2) is 0 Å². The minimum absolute atomic E-state index is 0. The van der Waals surface area contributed by atoms with Crippen molar-refractivity contribution in [2.75, 3.05) is 13.1 Å². The molecule has 1 aliphatic carbocycles. The van der Waals surface area contributed by atoms with Gasteiger partial charge in [-0.2, -0.15) is 10.2 Å². The molecule has 0 aromatic carbocycles. The standard InChI is InChI=1S/C20H28N6O.ClH/c27-19(6-5-15-11-16-12-21-8-2-9-26(16)24-15)25-10-7-18-17(13-25)20(23-22-18)14-3-1-4-14;/h11,14,21H,1-10,12-13H2,(H,22,23);1H. The monoisotopic (exact) mass is 404 g/mol. The van der Waals surface area contributed by atoms with Gasteiger partial charge in [-0.3, -0.25) is 14.6 Å². The normalized spacial score (nSPS) is 19.2. The maximum atomic E-state index is 12.8. The van der Waals surface area contributed by atoms with Gasteiger partial charge in [0, 0.05) is 62.6 Å². The Balaban J connectivity index is 0.00000192. The number of carbonyl (C=O) groups is 1. The predicted molar refractivity (Wildman–Crippen MR) is 108 cm³/mol. The van der Waals surface area contributed by atoms with Gasteiger partial charge in [0.25, 0.3) is 0 Å². The molecular formula is C20H29ClN6O. The molecule has 5 rings (SSSR count). The van der Waals surface area contributed by atoms with Crippen LogP contribution in [0.2, 0.25) is 0 Å². The third-order valence-electron chi connectivity index (χ3n) is 6.35. The first-order valence-corrected chi connectivity index (χ1v) is 10.4. The molecule has 1 saturated carbocycles. The number of H-pyrrole nitrogens is 1. The minimum Gasteiger partial charge on any atom is -0.338 e. The van der Waals surface area contributed by atoms with E-state index in [9.17, 15) is 4.79 Å². The number of fused-ring (bicyclic) bond motifs is 2. The van der Waals surface area contributed by atoms with Crippen molar-refractivity contribution in [2.45, 2.75) is 70.5 Å². The van der Waals surface area contributed by atoms with Crippen LogP contribution in [0.3, 0.4) is 0 Å². The van der Waals surface area contributed by atoms with Gasteiger partial charge in [-0.25, -0.2) is 0 Å². The second-order valence-electron chi connectivity index (χ2n) is 8.14. The number of hydrogen-bond donors (Lipinski definition) is 2. The highest BCUT2D eigenvalue weighted by Crippen LogP contribution is 2.38. The average molecular weight is 405 g/mol. The summed E-state index contributed by atoms with van der Waals surface area (Å²) in [6.07, 6.45) is 7.05. The topological polar surface area (TPSA) is 78.8 Å². The number of aryl methyl sites for hydroxylation is 2. The third-order valence-corrected chi connectivity index (χ3v) is 6.35. The quantitative estimate of drug-likeness (QED) is 0.819. The molecule has 0 bridgehead atoms. The number of nitrogens with zero attached hydrogens (tertiary/aromatic N) is 4. The summed E-state index contributed by atoms with van der Waals surface area (Å²) in [4.78, 5) is 14.8. The minimum atomic E-state index is 0. The van der Waals surface area contributed by atoms with E-state index in [0.717, 1.165) is 57.7 Å². The van der Waals surface area contributed by atoms with E-state index in [-0.39, 0.29) is 18.3 Å². The summed E-state index contributed by atoms with van der Waals surface area (Å²) in [6, 6.07) is 2.16. The van der Waals surface area contributed by atoms with E-state index in [1.165, 1.54) is 41.9 Å². The molecule has 2 aromatic heterocycles. The SMILES string of the molecule is Cl.O=C(CCc1cc2n(n1)CCCNC2)N1CCc2[nH]nc(C3CCC3)c2C1. The van der Waals surface area contributed by atoms with Crippen LogP contribution in [0.4, 0.5) is 0 Å². The van der Waals surface area contributed by atoms with E-state index in [1.54, 1.807) is 0 Å². The van der Waals surface area contributed by atoms with Gasteiger partial charge in [0.1, 0.15) is 0 Å². The molecule has 0 atom stereocenters. The van der Waals surface area contributed by atoms with Crippen LogP contribution < -0.4 is 5.32 Å². The average Bonchev–Trinajstić information content (AvgIpc) is 3.16. The summed E-state index contributed by atoms with van der Waals surface area (Å²) in [7, 11) is 0.